The summed E-state index contributed by atoms with van der Waals surface area (Å²) in [6.07, 6.45) is 4.81. The van der Waals surface area contributed by atoms with Crippen molar-refractivity contribution in [1.82, 2.24) is 4.98 Å². The second kappa shape index (κ2) is 5.63. The van der Waals surface area contributed by atoms with Crippen LogP contribution in [0.3, 0.4) is 0 Å². The van der Waals surface area contributed by atoms with Crippen LogP contribution in [0.25, 0.3) is 6.08 Å². The fourth-order valence-corrected chi connectivity index (χ4v) is 1.68. The number of aromatic nitrogens is 1. The van der Waals surface area contributed by atoms with E-state index in [1.807, 2.05) is 0 Å². The zero-order chi connectivity index (χ0) is 14.8. The predicted octanol–water partition coefficient (Wildman–Crippen LogP) is 2.20. The normalized spacial score (nSPS) is 15.6. The van der Waals surface area contributed by atoms with Gasteiger partial charge in [0.05, 0.1) is 12.3 Å². The topological polar surface area (TPSA) is 79.7 Å². The highest BCUT2D eigenvalue weighted by atomic mass is 16.5. The number of nitrogens with zero attached hydrogens (tertiary/aromatic N) is 1. The average Bonchev–Trinajstić information content (AvgIpc) is 3.17. The van der Waals surface area contributed by atoms with Crippen LogP contribution >= 0.6 is 0 Å². The van der Waals surface area contributed by atoms with Crippen molar-refractivity contribution >= 4 is 12.0 Å². The molecule has 2 rings (SSSR count). The minimum absolute atomic E-state index is 0.369. The van der Waals surface area contributed by atoms with Crippen LogP contribution in [0.5, 0.6) is 5.88 Å². The van der Waals surface area contributed by atoms with Gasteiger partial charge in [0.15, 0.2) is 0 Å². The Morgan fingerprint density at radius 3 is 2.75 bits per heavy atom. The molecule has 1 fully saturated rings. The summed E-state index contributed by atoms with van der Waals surface area (Å²) >= 11 is 0. The van der Waals surface area contributed by atoms with Gasteiger partial charge >= 0.3 is 5.97 Å². The molecule has 0 saturated heterocycles. The number of ether oxygens (including phenoxy) is 1. The number of hydrogen-bond donors (Lipinski definition) is 2. The first-order chi connectivity index (χ1) is 9.36. The Balaban J connectivity index is 2.26. The van der Waals surface area contributed by atoms with E-state index in [0.29, 0.717) is 29.7 Å². The molecule has 1 aliphatic rings. The number of rotatable bonds is 6. The minimum atomic E-state index is -1.06. The second-order valence-corrected chi connectivity index (χ2v) is 5.58. The minimum Gasteiger partial charge on any atom is -0.478 e. The van der Waals surface area contributed by atoms with E-state index in [1.54, 1.807) is 26.0 Å². The second-order valence-electron chi connectivity index (χ2n) is 5.58. The van der Waals surface area contributed by atoms with Crippen LogP contribution in [0.4, 0.5) is 0 Å². The average molecular weight is 277 g/mol. The summed E-state index contributed by atoms with van der Waals surface area (Å²) < 4.78 is 5.66. The van der Waals surface area contributed by atoms with Crippen LogP contribution in [-0.4, -0.2) is 27.8 Å². The van der Waals surface area contributed by atoms with Gasteiger partial charge in [-0.2, -0.15) is 0 Å². The van der Waals surface area contributed by atoms with Crippen molar-refractivity contribution in [2.45, 2.75) is 32.3 Å². The van der Waals surface area contributed by atoms with Crippen LogP contribution in [0, 0.1) is 5.92 Å². The highest BCUT2D eigenvalue weighted by Gasteiger charge is 2.24. The molecule has 1 aromatic rings. The molecule has 1 aliphatic carbocycles. The van der Waals surface area contributed by atoms with Crippen LogP contribution in [-0.2, 0) is 10.4 Å². The zero-order valence-electron chi connectivity index (χ0n) is 11.7. The van der Waals surface area contributed by atoms with Crippen LogP contribution in [0.1, 0.15) is 37.9 Å². The molecule has 5 heteroatoms. The molecule has 1 saturated carbocycles. The quantitative estimate of drug-likeness (QED) is 0.779. The molecule has 0 atom stereocenters. The molecule has 1 heterocycles. The lowest BCUT2D eigenvalue weighted by Crippen LogP contribution is -2.18. The third-order valence-corrected chi connectivity index (χ3v) is 3.07. The van der Waals surface area contributed by atoms with Gasteiger partial charge < -0.3 is 14.9 Å². The zero-order valence-corrected chi connectivity index (χ0v) is 11.7. The number of carbonyl (C=O) groups is 1. The van der Waals surface area contributed by atoms with E-state index in [2.05, 4.69) is 4.98 Å². The fraction of sp³-hybridized carbons (Fsp3) is 0.467. The summed E-state index contributed by atoms with van der Waals surface area (Å²) in [4.78, 5) is 14.9. The van der Waals surface area contributed by atoms with Crippen molar-refractivity contribution < 1.29 is 19.7 Å². The Labute approximate surface area is 117 Å². The third kappa shape index (κ3) is 4.06. The summed E-state index contributed by atoms with van der Waals surface area (Å²) in [5.41, 5.74) is 0.0315. The standard InChI is InChI=1S/C15H19NO4/c1-15(2,19)12-7-5-11(6-8-13(17)18)14(16-12)20-9-10-3-4-10/h5-8,10,19H,3-4,9H2,1-2H3,(H,17,18)/b8-6+. The monoisotopic (exact) mass is 277 g/mol. The first-order valence-electron chi connectivity index (χ1n) is 6.64. The Hall–Kier alpha value is -1.88. The molecular formula is C15H19NO4. The third-order valence-electron chi connectivity index (χ3n) is 3.07. The number of aliphatic hydroxyl groups is 1. The maximum Gasteiger partial charge on any atom is 0.328 e. The van der Waals surface area contributed by atoms with E-state index in [0.717, 1.165) is 18.9 Å². The molecule has 108 valence electrons. The lowest BCUT2D eigenvalue weighted by Gasteiger charge is -2.18. The van der Waals surface area contributed by atoms with Crippen LogP contribution in [0.15, 0.2) is 18.2 Å². The van der Waals surface area contributed by atoms with Crippen molar-refractivity contribution in [2.75, 3.05) is 6.61 Å². The first-order valence-corrected chi connectivity index (χ1v) is 6.64. The molecule has 0 aliphatic heterocycles. The fourth-order valence-electron chi connectivity index (χ4n) is 1.68. The number of carboxylic acid groups (broad SMARTS) is 1. The van der Waals surface area contributed by atoms with E-state index in [1.165, 1.54) is 6.08 Å². The molecule has 0 amide bonds. The summed E-state index contributed by atoms with van der Waals surface area (Å²) in [7, 11) is 0. The van der Waals surface area contributed by atoms with Gasteiger partial charge in [0.2, 0.25) is 5.88 Å². The Bertz CT molecular complexity index is 527. The van der Waals surface area contributed by atoms with Gasteiger partial charge in [-0.05, 0) is 50.8 Å². The van der Waals surface area contributed by atoms with Crippen molar-refractivity contribution in [3.8, 4) is 5.88 Å². The highest BCUT2D eigenvalue weighted by Crippen LogP contribution is 2.31. The molecule has 20 heavy (non-hydrogen) atoms. The van der Waals surface area contributed by atoms with E-state index in [-0.39, 0.29) is 0 Å². The van der Waals surface area contributed by atoms with Gasteiger partial charge in [0.1, 0.15) is 5.60 Å². The van der Waals surface area contributed by atoms with Gasteiger partial charge in [0, 0.05) is 11.6 Å². The summed E-state index contributed by atoms with van der Waals surface area (Å²) in [5.74, 6) is -0.0855. The maximum atomic E-state index is 10.6. The lowest BCUT2D eigenvalue weighted by molar-refractivity contribution is -0.131. The number of carboxylic acids is 1. The Morgan fingerprint density at radius 1 is 1.50 bits per heavy atom. The predicted molar refractivity (Wildman–Crippen MR) is 74.4 cm³/mol. The van der Waals surface area contributed by atoms with Crippen molar-refractivity contribution in [2.24, 2.45) is 5.92 Å². The number of aliphatic carboxylic acids is 1. The number of pyridine rings is 1. The Kier molecular flexibility index (Phi) is 4.09. The highest BCUT2D eigenvalue weighted by molar-refractivity contribution is 5.85. The van der Waals surface area contributed by atoms with E-state index < -0.39 is 11.6 Å². The SMILES string of the molecule is CC(C)(O)c1ccc(/C=C/C(=O)O)c(OCC2CC2)n1. The van der Waals surface area contributed by atoms with Crippen LogP contribution in [0.2, 0.25) is 0 Å². The first kappa shape index (κ1) is 14.5. The molecule has 0 unspecified atom stereocenters. The largest absolute Gasteiger partial charge is 0.478 e. The lowest BCUT2D eigenvalue weighted by atomic mass is 10.0. The molecule has 0 bridgehead atoms. The van der Waals surface area contributed by atoms with Crippen molar-refractivity contribution in [1.29, 1.82) is 0 Å². The molecule has 0 aromatic carbocycles. The van der Waals surface area contributed by atoms with Crippen molar-refractivity contribution in [3.05, 3.63) is 29.5 Å². The summed E-state index contributed by atoms with van der Waals surface area (Å²) in [5, 5.41) is 18.7. The van der Waals surface area contributed by atoms with Gasteiger partial charge in [0.25, 0.3) is 0 Å². The van der Waals surface area contributed by atoms with E-state index >= 15 is 0 Å². The molecule has 1 aromatic heterocycles. The summed E-state index contributed by atoms with van der Waals surface area (Å²) in [6.45, 7) is 3.87. The Morgan fingerprint density at radius 2 is 2.20 bits per heavy atom. The maximum absolute atomic E-state index is 10.6. The van der Waals surface area contributed by atoms with Gasteiger partial charge in [-0.15, -0.1) is 0 Å². The van der Waals surface area contributed by atoms with Crippen molar-refractivity contribution in [3.63, 3.8) is 0 Å². The smallest absolute Gasteiger partial charge is 0.328 e. The molecule has 2 N–H and O–H groups in total. The van der Waals surface area contributed by atoms with Gasteiger partial charge in [-0.3, -0.25) is 0 Å². The van der Waals surface area contributed by atoms with Crippen LogP contribution < -0.4 is 4.74 Å². The number of hydrogen-bond acceptors (Lipinski definition) is 4. The molecular weight excluding hydrogens is 258 g/mol. The summed E-state index contributed by atoms with van der Waals surface area (Å²) in [6, 6.07) is 3.38. The molecule has 0 radical (unpaired) electrons. The molecule has 5 nitrogen and oxygen atoms in total. The van der Waals surface area contributed by atoms with E-state index in [4.69, 9.17) is 9.84 Å². The van der Waals surface area contributed by atoms with Gasteiger partial charge in [-0.1, -0.05) is 0 Å². The molecule has 0 spiro atoms. The van der Waals surface area contributed by atoms with Gasteiger partial charge in [-0.25, -0.2) is 9.78 Å². The van der Waals surface area contributed by atoms with E-state index in [9.17, 15) is 9.90 Å².